The van der Waals surface area contributed by atoms with Gasteiger partial charge < -0.3 is 10.1 Å². The molecule has 28 heavy (non-hydrogen) atoms. The summed E-state index contributed by atoms with van der Waals surface area (Å²) in [4.78, 5) is 0. The van der Waals surface area contributed by atoms with Gasteiger partial charge in [0.05, 0.1) is 12.6 Å². The van der Waals surface area contributed by atoms with Crippen LogP contribution < -0.4 is 10.1 Å². The summed E-state index contributed by atoms with van der Waals surface area (Å²) in [6.07, 6.45) is 4.33. The largest absolute Gasteiger partial charge is 0.494 e. The van der Waals surface area contributed by atoms with E-state index in [4.69, 9.17) is 4.74 Å². The lowest BCUT2D eigenvalue weighted by Crippen LogP contribution is -2.46. The topological polar surface area (TPSA) is 64.9 Å². The fourth-order valence-electron chi connectivity index (χ4n) is 4.05. The van der Waals surface area contributed by atoms with Crippen molar-refractivity contribution in [3.63, 3.8) is 0 Å². The maximum absolute atomic E-state index is 5.55. The number of hydrogen-bond donors (Lipinski definition) is 1. The smallest absolute Gasteiger partial charge is 0.176 e. The summed E-state index contributed by atoms with van der Waals surface area (Å²) in [5, 5.41) is 16.7. The van der Waals surface area contributed by atoms with Gasteiger partial charge in [0, 0.05) is 6.54 Å². The van der Waals surface area contributed by atoms with Gasteiger partial charge >= 0.3 is 0 Å². The molecule has 1 N–H and O–H groups in total. The Bertz CT molecular complexity index is 900. The highest BCUT2D eigenvalue weighted by molar-refractivity contribution is 5.46. The van der Waals surface area contributed by atoms with Crippen molar-refractivity contribution in [2.45, 2.75) is 44.7 Å². The van der Waals surface area contributed by atoms with Crippen molar-refractivity contribution in [2.24, 2.45) is 5.92 Å². The van der Waals surface area contributed by atoms with E-state index in [1.54, 1.807) is 7.11 Å². The van der Waals surface area contributed by atoms with E-state index in [9.17, 15) is 0 Å². The summed E-state index contributed by atoms with van der Waals surface area (Å²) < 4.78 is 7.39. The van der Waals surface area contributed by atoms with Crippen LogP contribution in [0, 0.1) is 5.92 Å². The third kappa shape index (κ3) is 3.64. The molecule has 6 nitrogen and oxygen atoms in total. The molecule has 0 bridgehead atoms. The average Bonchev–Trinajstić information content (AvgIpc) is 3.25. The lowest BCUT2D eigenvalue weighted by molar-refractivity contribution is 0.180. The van der Waals surface area contributed by atoms with Crippen LogP contribution in [0.2, 0.25) is 0 Å². The van der Waals surface area contributed by atoms with Crippen LogP contribution in [0.15, 0.2) is 54.6 Å². The van der Waals surface area contributed by atoms with Gasteiger partial charge in [-0.2, -0.15) is 4.68 Å². The number of ether oxygens (including phenoxy) is 1. The van der Waals surface area contributed by atoms with Crippen molar-refractivity contribution in [3.8, 4) is 11.4 Å². The van der Waals surface area contributed by atoms with E-state index >= 15 is 0 Å². The van der Waals surface area contributed by atoms with Crippen LogP contribution in [0.25, 0.3) is 5.69 Å². The molecule has 0 saturated heterocycles. The van der Waals surface area contributed by atoms with Crippen LogP contribution in [0.3, 0.4) is 0 Å². The van der Waals surface area contributed by atoms with E-state index in [2.05, 4.69) is 52.0 Å². The molecule has 0 atom stereocenters. The molecule has 0 amide bonds. The molecule has 1 saturated carbocycles. The van der Waals surface area contributed by atoms with Gasteiger partial charge in [0.25, 0.3) is 0 Å². The Balaban J connectivity index is 1.71. The molecular weight excluding hydrogens is 350 g/mol. The van der Waals surface area contributed by atoms with E-state index in [0.717, 1.165) is 55.4 Å². The number of methoxy groups -OCH3 is 1. The quantitative estimate of drug-likeness (QED) is 0.706. The van der Waals surface area contributed by atoms with Gasteiger partial charge in [0.2, 0.25) is 0 Å². The second-order valence-electron chi connectivity index (χ2n) is 7.69. The molecule has 1 aliphatic rings. The lowest BCUT2D eigenvalue weighted by Gasteiger charge is -2.39. The minimum absolute atomic E-state index is 0.257. The Hall–Kier alpha value is -2.73. The maximum atomic E-state index is 5.55. The first-order valence-corrected chi connectivity index (χ1v) is 9.93. The normalized spacial score (nSPS) is 22.1. The van der Waals surface area contributed by atoms with Crippen LogP contribution in [0.1, 0.15) is 44.0 Å². The van der Waals surface area contributed by atoms with Gasteiger partial charge in [0.1, 0.15) is 11.4 Å². The van der Waals surface area contributed by atoms with Gasteiger partial charge in [-0.1, -0.05) is 49.4 Å². The molecule has 0 aliphatic heterocycles. The van der Waals surface area contributed by atoms with Crippen LogP contribution in [0.4, 0.5) is 0 Å². The number of rotatable bonds is 6. The van der Waals surface area contributed by atoms with E-state index in [1.807, 2.05) is 35.0 Å². The van der Waals surface area contributed by atoms with Crippen LogP contribution >= 0.6 is 0 Å². The van der Waals surface area contributed by atoms with Crippen LogP contribution in [0.5, 0.6) is 5.75 Å². The van der Waals surface area contributed by atoms with Gasteiger partial charge in [0.15, 0.2) is 5.82 Å². The molecule has 0 unspecified atom stereocenters. The number of aromatic nitrogens is 4. The maximum Gasteiger partial charge on any atom is 0.176 e. The van der Waals surface area contributed by atoms with Crippen molar-refractivity contribution < 1.29 is 4.74 Å². The Morgan fingerprint density at radius 2 is 1.79 bits per heavy atom. The van der Waals surface area contributed by atoms with Crippen LogP contribution in [-0.4, -0.2) is 27.3 Å². The first-order valence-electron chi connectivity index (χ1n) is 9.93. The second kappa shape index (κ2) is 8.10. The highest BCUT2D eigenvalue weighted by atomic mass is 16.5. The minimum Gasteiger partial charge on any atom is -0.494 e. The number of para-hydroxylation sites is 2. The van der Waals surface area contributed by atoms with E-state index in [0.29, 0.717) is 0 Å². The molecule has 3 aromatic rings. The summed E-state index contributed by atoms with van der Waals surface area (Å²) in [6, 6.07) is 18.4. The van der Waals surface area contributed by atoms with E-state index in [-0.39, 0.29) is 5.54 Å². The van der Waals surface area contributed by atoms with E-state index < -0.39 is 0 Å². The average molecular weight is 377 g/mol. The number of nitrogens with zero attached hydrogens (tertiary/aromatic N) is 4. The third-order valence-corrected chi connectivity index (χ3v) is 5.81. The molecule has 0 spiro atoms. The van der Waals surface area contributed by atoms with Gasteiger partial charge in [-0.3, -0.25) is 0 Å². The second-order valence-corrected chi connectivity index (χ2v) is 7.69. The lowest BCUT2D eigenvalue weighted by atomic mass is 9.76. The zero-order chi connectivity index (χ0) is 19.4. The molecular formula is C22H27N5O. The fourth-order valence-corrected chi connectivity index (χ4v) is 4.05. The number of hydrogen-bond acceptors (Lipinski definition) is 5. The minimum atomic E-state index is -0.257. The molecule has 2 aromatic carbocycles. The molecule has 6 heteroatoms. The molecule has 1 fully saturated rings. The van der Waals surface area contributed by atoms with Crippen molar-refractivity contribution in [3.05, 3.63) is 66.0 Å². The molecule has 1 heterocycles. The predicted molar refractivity (Wildman–Crippen MR) is 108 cm³/mol. The summed E-state index contributed by atoms with van der Waals surface area (Å²) in [5.41, 5.74) is 1.87. The van der Waals surface area contributed by atoms with Gasteiger partial charge in [-0.25, -0.2) is 0 Å². The SMILES string of the molecule is COc1ccccc1-n1nnnc1C1(NCc2ccccc2)CCC(C)CC1. The van der Waals surface area contributed by atoms with Crippen molar-refractivity contribution in [1.82, 2.24) is 25.5 Å². The number of benzene rings is 2. The fraction of sp³-hybridized carbons (Fsp3) is 0.409. The third-order valence-electron chi connectivity index (χ3n) is 5.81. The Morgan fingerprint density at radius 1 is 1.07 bits per heavy atom. The van der Waals surface area contributed by atoms with Crippen molar-refractivity contribution >= 4 is 0 Å². The summed E-state index contributed by atoms with van der Waals surface area (Å²) in [7, 11) is 1.68. The number of nitrogens with one attached hydrogen (secondary N) is 1. The van der Waals surface area contributed by atoms with Gasteiger partial charge in [-0.15, -0.1) is 5.10 Å². The number of tetrazole rings is 1. The van der Waals surface area contributed by atoms with Gasteiger partial charge in [-0.05, 0) is 59.7 Å². The molecule has 1 aliphatic carbocycles. The first-order chi connectivity index (χ1) is 13.7. The summed E-state index contributed by atoms with van der Waals surface area (Å²) in [5.74, 6) is 2.35. The highest BCUT2D eigenvalue weighted by Gasteiger charge is 2.40. The molecule has 1 aromatic heterocycles. The van der Waals surface area contributed by atoms with Crippen LogP contribution in [-0.2, 0) is 12.1 Å². The summed E-state index contributed by atoms with van der Waals surface area (Å²) in [6.45, 7) is 3.11. The molecule has 0 radical (unpaired) electrons. The predicted octanol–water partition coefficient (Wildman–Crippen LogP) is 3.87. The Labute approximate surface area is 165 Å². The van der Waals surface area contributed by atoms with Crippen molar-refractivity contribution in [2.75, 3.05) is 7.11 Å². The Kier molecular flexibility index (Phi) is 5.39. The zero-order valence-electron chi connectivity index (χ0n) is 16.5. The molecule has 146 valence electrons. The monoisotopic (exact) mass is 377 g/mol. The Morgan fingerprint density at radius 3 is 2.54 bits per heavy atom. The van der Waals surface area contributed by atoms with Crippen molar-refractivity contribution in [1.29, 1.82) is 0 Å². The zero-order valence-corrected chi connectivity index (χ0v) is 16.5. The van der Waals surface area contributed by atoms with E-state index in [1.165, 1.54) is 5.56 Å². The summed E-state index contributed by atoms with van der Waals surface area (Å²) >= 11 is 0. The molecule has 4 rings (SSSR count). The standard InChI is InChI=1S/C22H27N5O/c1-17-12-14-22(15-13-17,23-16-18-8-4-3-5-9-18)21-24-25-26-27(21)19-10-6-7-11-20(19)28-2/h3-11,17,23H,12-16H2,1-2H3. The first kappa shape index (κ1) is 18.6. The highest BCUT2D eigenvalue weighted by Crippen LogP contribution is 2.40.